The number of hydrogen-bond acceptors (Lipinski definition) is 2. The summed E-state index contributed by atoms with van der Waals surface area (Å²) in [6.07, 6.45) is 7.12. The highest BCUT2D eigenvalue weighted by Gasteiger charge is 2.06. The fraction of sp³-hybridized carbons (Fsp3) is 0.308. The molecule has 0 radical (unpaired) electrons. The van der Waals surface area contributed by atoms with E-state index in [9.17, 15) is 4.79 Å². The Morgan fingerprint density at radius 2 is 1.94 bits per heavy atom. The Bertz CT molecular complexity index is 406. The van der Waals surface area contributed by atoms with Crippen LogP contribution in [0.1, 0.15) is 31.2 Å². The summed E-state index contributed by atoms with van der Waals surface area (Å²) in [7, 11) is 0. The molecule has 16 heavy (non-hydrogen) atoms. The second kappa shape index (κ2) is 5.17. The molecule has 1 aromatic rings. The van der Waals surface area contributed by atoms with Crippen molar-refractivity contribution in [1.29, 1.82) is 0 Å². The van der Waals surface area contributed by atoms with Crippen LogP contribution in [0.3, 0.4) is 0 Å². The Morgan fingerprint density at radius 1 is 1.19 bits per heavy atom. The first kappa shape index (κ1) is 11.2. The van der Waals surface area contributed by atoms with E-state index in [2.05, 4.69) is 6.08 Å². The maximum Gasteiger partial charge on any atom is 0.409 e. The number of rotatable bonds is 2. The molecule has 1 aromatic carbocycles. The fourth-order valence-corrected chi connectivity index (χ4v) is 2.02. The summed E-state index contributed by atoms with van der Waals surface area (Å²) in [4.78, 5) is 10.5. The van der Waals surface area contributed by atoms with E-state index in [0.717, 1.165) is 12.8 Å². The molecule has 0 heterocycles. The molecule has 3 heteroatoms. The molecule has 0 saturated carbocycles. The highest BCUT2D eigenvalue weighted by molar-refractivity contribution is 6.61. The van der Waals surface area contributed by atoms with Gasteiger partial charge in [-0.05, 0) is 49.0 Å². The van der Waals surface area contributed by atoms with Crippen LogP contribution in [0.25, 0.3) is 5.57 Å². The zero-order chi connectivity index (χ0) is 11.4. The SMILES string of the molecule is O=C(Cl)Oc1ccc(C2=CCCCC2)cc1. The Morgan fingerprint density at radius 3 is 2.50 bits per heavy atom. The minimum Gasteiger partial charge on any atom is -0.415 e. The maximum atomic E-state index is 10.5. The van der Waals surface area contributed by atoms with E-state index in [1.807, 2.05) is 12.1 Å². The molecule has 84 valence electrons. The molecule has 1 aliphatic carbocycles. The summed E-state index contributed by atoms with van der Waals surface area (Å²) >= 11 is 5.13. The summed E-state index contributed by atoms with van der Waals surface area (Å²) in [5.74, 6) is 0.486. The van der Waals surface area contributed by atoms with Gasteiger partial charge in [-0.25, -0.2) is 4.79 Å². The molecule has 0 amide bonds. The number of carbonyl (C=O) groups excluding carboxylic acids is 1. The van der Waals surface area contributed by atoms with Gasteiger partial charge in [-0.15, -0.1) is 0 Å². The first-order valence-corrected chi connectivity index (χ1v) is 5.80. The lowest BCUT2D eigenvalue weighted by molar-refractivity contribution is 0.225. The van der Waals surface area contributed by atoms with Gasteiger partial charge in [-0.3, -0.25) is 0 Å². The molecule has 0 spiro atoms. The second-order valence-electron chi connectivity index (χ2n) is 3.84. The molecule has 0 aliphatic heterocycles. The lowest BCUT2D eigenvalue weighted by Gasteiger charge is -2.12. The van der Waals surface area contributed by atoms with Gasteiger partial charge in [0.25, 0.3) is 0 Å². The molecule has 0 aromatic heterocycles. The molecule has 0 atom stereocenters. The molecule has 2 nitrogen and oxygen atoms in total. The smallest absolute Gasteiger partial charge is 0.409 e. The Labute approximate surface area is 99.9 Å². The van der Waals surface area contributed by atoms with E-state index in [1.165, 1.54) is 24.0 Å². The van der Waals surface area contributed by atoms with Crippen molar-refractivity contribution < 1.29 is 9.53 Å². The van der Waals surface area contributed by atoms with Crippen LogP contribution >= 0.6 is 11.6 Å². The first-order chi connectivity index (χ1) is 7.75. The van der Waals surface area contributed by atoms with Gasteiger partial charge in [0.05, 0.1) is 0 Å². The van der Waals surface area contributed by atoms with E-state index in [0.29, 0.717) is 5.75 Å². The van der Waals surface area contributed by atoms with E-state index in [-0.39, 0.29) is 0 Å². The minimum atomic E-state index is -0.801. The lowest BCUT2D eigenvalue weighted by atomic mass is 9.94. The van der Waals surface area contributed by atoms with Crippen LogP contribution in [-0.4, -0.2) is 5.43 Å². The van der Waals surface area contributed by atoms with Gasteiger partial charge >= 0.3 is 5.43 Å². The van der Waals surface area contributed by atoms with Crippen molar-refractivity contribution in [3.05, 3.63) is 35.9 Å². The van der Waals surface area contributed by atoms with Gasteiger partial charge in [-0.2, -0.15) is 0 Å². The zero-order valence-corrected chi connectivity index (χ0v) is 9.67. The van der Waals surface area contributed by atoms with Gasteiger partial charge in [-0.1, -0.05) is 18.2 Å². The van der Waals surface area contributed by atoms with Crippen molar-refractivity contribution in [2.45, 2.75) is 25.7 Å². The van der Waals surface area contributed by atoms with Crippen molar-refractivity contribution in [2.24, 2.45) is 0 Å². The number of benzene rings is 1. The number of halogens is 1. The normalized spacial score (nSPS) is 15.4. The molecule has 0 unspecified atom stereocenters. The summed E-state index contributed by atoms with van der Waals surface area (Å²) in [5.41, 5.74) is 1.79. The monoisotopic (exact) mass is 236 g/mol. The minimum absolute atomic E-state index is 0.486. The highest BCUT2D eigenvalue weighted by Crippen LogP contribution is 2.27. The maximum absolute atomic E-state index is 10.5. The molecule has 1 aliphatic rings. The van der Waals surface area contributed by atoms with Gasteiger partial charge in [0.2, 0.25) is 0 Å². The second-order valence-corrected chi connectivity index (χ2v) is 4.15. The molecular formula is C13H13ClO2. The first-order valence-electron chi connectivity index (χ1n) is 5.42. The fourth-order valence-electron chi connectivity index (χ4n) is 1.93. The summed E-state index contributed by atoms with van der Waals surface area (Å²) in [6.45, 7) is 0. The van der Waals surface area contributed by atoms with E-state index in [4.69, 9.17) is 16.3 Å². The summed E-state index contributed by atoms with van der Waals surface area (Å²) < 4.78 is 4.76. The Hall–Kier alpha value is -1.28. The van der Waals surface area contributed by atoms with Crippen molar-refractivity contribution in [1.82, 2.24) is 0 Å². The van der Waals surface area contributed by atoms with E-state index >= 15 is 0 Å². The van der Waals surface area contributed by atoms with Gasteiger partial charge < -0.3 is 4.74 Å². The largest absolute Gasteiger partial charge is 0.415 e. The van der Waals surface area contributed by atoms with Crippen LogP contribution in [0.15, 0.2) is 30.3 Å². The predicted octanol–water partition coefficient (Wildman–Crippen LogP) is 4.38. The third-order valence-electron chi connectivity index (χ3n) is 2.71. The van der Waals surface area contributed by atoms with Crippen LogP contribution in [0.4, 0.5) is 4.79 Å². The molecular weight excluding hydrogens is 224 g/mol. The van der Waals surface area contributed by atoms with E-state index in [1.54, 1.807) is 12.1 Å². The van der Waals surface area contributed by atoms with Crippen molar-refractivity contribution in [3.63, 3.8) is 0 Å². The Kier molecular flexibility index (Phi) is 3.62. The Balaban J connectivity index is 2.12. The third-order valence-corrected chi connectivity index (χ3v) is 2.79. The van der Waals surface area contributed by atoms with Crippen LogP contribution < -0.4 is 4.74 Å². The molecule has 0 bridgehead atoms. The number of hydrogen-bond donors (Lipinski definition) is 0. The molecule has 0 fully saturated rings. The quantitative estimate of drug-likeness (QED) is 0.713. The average molecular weight is 237 g/mol. The van der Waals surface area contributed by atoms with Crippen LogP contribution in [0, 0.1) is 0 Å². The van der Waals surface area contributed by atoms with Gasteiger partial charge in [0.15, 0.2) is 0 Å². The standard InChI is InChI=1S/C13H13ClO2/c14-13(15)16-12-8-6-11(7-9-12)10-4-2-1-3-5-10/h4,6-9H,1-3,5H2. The van der Waals surface area contributed by atoms with Crippen molar-refractivity contribution in [3.8, 4) is 5.75 Å². The molecule has 0 N–H and O–H groups in total. The molecule has 0 saturated heterocycles. The van der Waals surface area contributed by atoms with Crippen LogP contribution in [0.2, 0.25) is 0 Å². The van der Waals surface area contributed by atoms with Crippen LogP contribution in [-0.2, 0) is 0 Å². The average Bonchev–Trinajstić information content (AvgIpc) is 2.30. The summed E-state index contributed by atoms with van der Waals surface area (Å²) in [5, 5.41) is 0. The summed E-state index contributed by atoms with van der Waals surface area (Å²) in [6, 6.07) is 7.47. The number of ether oxygens (including phenoxy) is 1. The number of carbonyl (C=O) groups is 1. The number of allylic oxidation sites excluding steroid dienone is 2. The van der Waals surface area contributed by atoms with Crippen molar-refractivity contribution in [2.75, 3.05) is 0 Å². The predicted molar refractivity (Wildman–Crippen MR) is 64.8 cm³/mol. The highest BCUT2D eigenvalue weighted by atomic mass is 35.5. The van der Waals surface area contributed by atoms with Gasteiger partial charge in [0, 0.05) is 11.6 Å². The lowest BCUT2D eigenvalue weighted by Crippen LogP contribution is -1.96. The van der Waals surface area contributed by atoms with Crippen molar-refractivity contribution >= 4 is 22.6 Å². The van der Waals surface area contributed by atoms with Crippen LogP contribution in [0.5, 0.6) is 5.75 Å². The van der Waals surface area contributed by atoms with E-state index < -0.39 is 5.43 Å². The zero-order valence-electron chi connectivity index (χ0n) is 8.91. The molecule has 2 rings (SSSR count). The topological polar surface area (TPSA) is 26.3 Å². The van der Waals surface area contributed by atoms with Gasteiger partial charge in [0.1, 0.15) is 5.75 Å². The third kappa shape index (κ3) is 2.86.